The lowest BCUT2D eigenvalue weighted by Gasteiger charge is -1.97. The molecule has 0 fully saturated rings. The third-order valence-corrected chi connectivity index (χ3v) is 1.38. The molecule has 3 heteroatoms. The van der Waals surface area contributed by atoms with Crippen LogP contribution in [0.5, 0.6) is 0 Å². The standard InChI is InChI=1S/C9H9NO2/c10-7-12-9(11)6-8-4-2-1-3-5-8/h1-5,7,10H,6H2. The number of carbonyl (C=O) groups is 1. The molecular formula is C9H9NO2. The Morgan fingerprint density at radius 2 is 2.08 bits per heavy atom. The van der Waals surface area contributed by atoms with Gasteiger partial charge in [0.1, 0.15) is 0 Å². The lowest BCUT2D eigenvalue weighted by atomic mass is 10.2. The van der Waals surface area contributed by atoms with Gasteiger partial charge in [0.05, 0.1) is 6.42 Å². The summed E-state index contributed by atoms with van der Waals surface area (Å²) in [5.41, 5.74) is 0.893. The molecular weight excluding hydrogens is 154 g/mol. The summed E-state index contributed by atoms with van der Waals surface area (Å²) in [7, 11) is 0. The number of esters is 1. The van der Waals surface area contributed by atoms with Gasteiger partial charge in [-0.25, -0.2) is 0 Å². The van der Waals surface area contributed by atoms with Crippen LogP contribution in [0.1, 0.15) is 5.56 Å². The van der Waals surface area contributed by atoms with Crippen molar-refractivity contribution in [1.82, 2.24) is 0 Å². The fourth-order valence-corrected chi connectivity index (χ4v) is 0.870. The Hall–Kier alpha value is -1.64. The van der Waals surface area contributed by atoms with Crippen molar-refractivity contribution in [2.24, 2.45) is 0 Å². The van der Waals surface area contributed by atoms with Crippen molar-refractivity contribution in [2.75, 3.05) is 0 Å². The lowest BCUT2D eigenvalue weighted by molar-refractivity contribution is -0.134. The van der Waals surface area contributed by atoms with Crippen LogP contribution in [0.2, 0.25) is 0 Å². The molecule has 0 aliphatic carbocycles. The van der Waals surface area contributed by atoms with Crippen LogP contribution in [0.25, 0.3) is 0 Å². The average Bonchev–Trinajstić information content (AvgIpc) is 2.06. The topological polar surface area (TPSA) is 50.1 Å². The molecule has 0 aliphatic rings. The maximum atomic E-state index is 10.8. The van der Waals surface area contributed by atoms with Crippen LogP contribution in [-0.2, 0) is 16.0 Å². The third-order valence-electron chi connectivity index (χ3n) is 1.38. The molecule has 1 aromatic carbocycles. The Morgan fingerprint density at radius 1 is 1.42 bits per heavy atom. The van der Waals surface area contributed by atoms with Crippen molar-refractivity contribution in [2.45, 2.75) is 6.42 Å². The van der Waals surface area contributed by atoms with E-state index in [9.17, 15) is 4.79 Å². The van der Waals surface area contributed by atoms with E-state index in [1.807, 2.05) is 30.3 Å². The molecule has 0 unspecified atom stereocenters. The maximum absolute atomic E-state index is 10.8. The second-order valence-corrected chi connectivity index (χ2v) is 2.27. The quantitative estimate of drug-likeness (QED) is 0.415. The summed E-state index contributed by atoms with van der Waals surface area (Å²) in [6.45, 7) is 0. The highest BCUT2D eigenvalue weighted by molar-refractivity contribution is 5.79. The molecule has 12 heavy (non-hydrogen) atoms. The van der Waals surface area contributed by atoms with Gasteiger partial charge in [0.25, 0.3) is 0 Å². The third kappa shape index (κ3) is 2.54. The lowest BCUT2D eigenvalue weighted by Crippen LogP contribution is -2.05. The molecule has 0 saturated carbocycles. The molecule has 1 N–H and O–H groups in total. The molecule has 0 amide bonds. The first-order chi connectivity index (χ1) is 5.83. The minimum Gasteiger partial charge on any atom is -0.415 e. The Kier molecular flexibility index (Phi) is 3.02. The summed E-state index contributed by atoms with van der Waals surface area (Å²) in [5.74, 6) is -0.406. The summed E-state index contributed by atoms with van der Waals surface area (Å²) in [6.07, 6.45) is 0.863. The molecule has 0 aliphatic heterocycles. The van der Waals surface area contributed by atoms with E-state index in [1.165, 1.54) is 0 Å². The average molecular weight is 163 g/mol. The van der Waals surface area contributed by atoms with Crippen LogP contribution >= 0.6 is 0 Å². The molecule has 0 aromatic heterocycles. The Bertz CT molecular complexity index is 269. The van der Waals surface area contributed by atoms with Crippen molar-refractivity contribution >= 4 is 12.4 Å². The van der Waals surface area contributed by atoms with Gasteiger partial charge in [-0.05, 0) is 5.56 Å². The van der Waals surface area contributed by atoms with Gasteiger partial charge in [-0.15, -0.1) is 0 Å². The molecule has 62 valence electrons. The van der Waals surface area contributed by atoms with Crippen LogP contribution in [0.15, 0.2) is 30.3 Å². The van der Waals surface area contributed by atoms with E-state index in [-0.39, 0.29) is 6.42 Å². The zero-order valence-electron chi connectivity index (χ0n) is 6.49. The van der Waals surface area contributed by atoms with Crippen LogP contribution in [0, 0.1) is 5.41 Å². The molecule has 0 saturated heterocycles. The molecule has 0 bridgehead atoms. The Labute approximate surface area is 70.5 Å². The zero-order chi connectivity index (χ0) is 8.81. The van der Waals surface area contributed by atoms with Gasteiger partial charge in [-0.3, -0.25) is 10.2 Å². The number of ether oxygens (including phenoxy) is 1. The number of carbonyl (C=O) groups excluding carboxylic acids is 1. The second-order valence-electron chi connectivity index (χ2n) is 2.27. The van der Waals surface area contributed by atoms with Gasteiger partial charge in [-0.2, -0.15) is 0 Å². The number of rotatable bonds is 3. The van der Waals surface area contributed by atoms with Crippen molar-refractivity contribution in [1.29, 1.82) is 5.41 Å². The number of nitrogens with one attached hydrogen (secondary N) is 1. The number of benzene rings is 1. The molecule has 1 rings (SSSR count). The SMILES string of the molecule is N=COC(=O)Cc1ccccc1. The molecule has 3 nitrogen and oxygen atoms in total. The fourth-order valence-electron chi connectivity index (χ4n) is 0.870. The van der Waals surface area contributed by atoms with Crippen molar-refractivity contribution in [3.63, 3.8) is 0 Å². The van der Waals surface area contributed by atoms with Gasteiger partial charge in [-0.1, -0.05) is 30.3 Å². The van der Waals surface area contributed by atoms with Gasteiger partial charge in [0, 0.05) is 0 Å². The predicted octanol–water partition coefficient (Wildman–Crippen LogP) is 1.38. The zero-order valence-corrected chi connectivity index (χ0v) is 6.49. The summed E-state index contributed by atoms with van der Waals surface area (Å²) in [5, 5.41) is 6.53. The Morgan fingerprint density at radius 3 is 2.67 bits per heavy atom. The minimum absolute atomic E-state index is 0.218. The fraction of sp³-hybridized carbons (Fsp3) is 0.111. The van der Waals surface area contributed by atoms with Crippen molar-refractivity contribution in [3.05, 3.63) is 35.9 Å². The number of hydrogen-bond donors (Lipinski definition) is 1. The predicted molar refractivity (Wildman–Crippen MR) is 45.0 cm³/mol. The van der Waals surface area contributed by atoms with Crippen LogP contribution < -0.4 is 0 Å². The first-order valence-corrected chi connectivity index (χ1v) is 3.55. The highest BCUT2D eigenvalue weighted by atomic mass is 16.5. The van der Waals surface area contributed by atoms with Gasteiger partial charge in [0.15, 0.2) is 6.40 Å². The molecule has 0 heterocycles. The second kappa shape index (κ2) is 4.28. The van der Waals surface area contributed by atoms with E-state index in [2.05, 4.69) is 4.74 Å². The van der Waals surface area contributed by atoms with Crippen LogP contribution in [0.4, 0.5) is 0 Å². The first-order valence-electron chi connectivity index (χ1n) is 3.55. The van der Waals surface area contributed by atoms with Crippen molar-refractivity contribution in [3.8, 4) is 0 Å². The molecule has 0 spiro atoms. The molecule has 0 atom stereocenters. The van der Waals surface area contributed by atoms with E-state index >= 15 is 0 Å². The normalized spacial score (nSPS) is 9.00. The van der Waals surface area contributed by atoms with Crippen molar-refractivity contribution < 1.29 is 9.53 Å². The van der Waals surface area contributed by atoms with E-state index < -0.39 is 5.97 Å². The van der Waals surface area contributed by atoms with Gasteiger partial charge in [0.2, 0.25) is 0 Å². The monoisotopic (exact) mass is 163 g/mol. The van der Waals surface area contributed by atoms with Crippen LogP contribution in [-0.4, -0.2) is 12.4 Å². The summed E-state index contributed by atoms with van der Waals surface area (Å²) in [4.78, 5) is 10.8. The number of hydrogen-bond acceptors (Lipinski definition) is 3. The summed E-state index contributed by atoms with van der Waals surface area (Å²) in [6, 6.07) is 9.27. The largest absolute Gasteiger partial charge is 0.415 e. The highest BCUT2D eigenvalue weighted by Crippen LogP contribution is 1.99. The smallest absolute Gasteiger partial charge is 0.316 e. The maximum Gasteiger partial charge on any atom is 0.316 e. The minimum atomic E-state index is -0.406. The van der Waals surface area contributed by atoms with E-state index in [0.29, 0.717) is 6.40 Å². The Balaban J connectivity index is 2.52. The van der Waals surface area contributed by atoms with E-state index in [1.54, 1.807) is 0 Å². The first kappa shape index (κ1) is 8.46. The van der Waals surface area contributed by atoms with Gasteiger partial charge >= 0.3 is 5.97 Å². The summed E-state index contributed by atoms with van der Waals surface area (Å²) < 4.78 is 4.35. The van der Waals surface area contributed by atoms with Gasteiger partial charge < -0.3 is 4.74 Å². The van der Waals surface area contributed by atoms with Crippen LogP contribution in [0.3, 0.4) is 0 Å². The molecule has 0 radical (unpaired) electrons. The summed E-state index contributed by atoms with van der Waals surface area (Å²) >= 11 is 0. The molecule has 1 aromatic rings. The highest BCUT2D eigenvalue weighted by Gasteiger charge is 2.01. The van der Waals surface area contributed by atoms with E-state index in [4.69, 9.17) is 5.41 Å². The van der Waals surface area contributed by atoms with E-state index in [0.717, 1.165) is 5.56 Å².